The molecule has 4 nitrogen and oxygen atoms in total. The van der Waals surface area contributed by atoms with E-state index >= 15 is 0 Å². The van der Waals surface area contributed by atoms with Gasteiger partial charge in [-0.1, -0.05) is 0 Å². The summed E-state index contributed by atoms with van der Waals surface area (Å²) < 4.78 is 12.5. The molecule has 0 saturated carbocycles. The third kappa shape index (κ3) is 5.95. The normalized spacial score (nSPS) is 20.3. The van der Waals surface area contributed by atoms with E-state index in [0.717, 1.165) is 61.2 Å². The van der Waals surface area contributed by atoms with Gasteiger partial charge in [0.2, 0.25) is 0 Å². The Morgan fingerprint density at radius 2 is 1.20 bits per heavy atom. The van der Waals surface area contributed by atoms with Gasteiger partial charge in [-0.25, -0.2) is 0 Å². The van der Waals surface area contributed by atoms with Gasteiger partial charge < -0.3 is 0 Å². The van der Waals surface area contributed by atoms with Gasteiger partial charge in [0.25, 0.3) is 0 Å². The van der Waals surface area contributed by atoms with Gasteiger partial charge in [0.1, 0.15) is 0 Å². The van der Waals surface area contributed by atoms with Crippen molar-refractivity contribution in [2.45, 2.75) is 0 Å². The fourth-order valence-corrected chi connectivity index (χ4v) is 20.2. The summed E-state index contributed by atoms with van der Waals surface area (Å²) in [5.41, 5.74) is 0. The molecule has 0 bridgehead atoms. The molecule has 0 aromatic carbocycles. The Labute approximate surface area is 146 Å². The van der Waals surface area contributed by atoms with Crippen LogP contribution in [0.1, 0.15) is 0 Å². The van der Waals surface area contributed by atoms with Crippen molar-refractivity contribution >= 4 is 75.9 Å². The Balaban J connectivity index is 1.72. The third-order valence-electron chi connectivity index (χ3n) is 2.84. The maximum absolute atomic E-state index is 6.53. The van der Waals surface area contributed by atoms with Crippen molar-refractivity contribution in [3.63, 3.8) is 0 Å². The molecule has 20 heavy (non-hydrogen) atoms. The van der Waals surface area contributed by atoms with Crippen LogP contribution in [0.5, 0.6) is 0 Å². The van der Waals surface area contributed by atoms with Gasteiger partial charge >= 0.3 is 148 Å². The minimum atomic E-state index is -2.05. The standard InChI is InChI=1S/2C5H9NOS2.ClH.Sb/c2*8-5(9)6-1-3-7-4-2-6;;/h2*1-4H2,(H,8,9);1H;/q;;;+3/p-3. The molecular formula is C10H16ClN2O2S4Sb. The van der Waals surface area contributed by atoms with Crippen LogP contribution in [0, 0.1) is 0 Å². The number of ether oxygens (including phenoxy) is 2. The number of rotatable bonds is 2. The Kier molecular flexibility index (Phi) is 8.57. The number of nitrogens with zero attached hydrogens (tertiary/aromatic N) is 2. The van der Waals surface area contributed by atoms with E-state index in [4.69, 9.17) is 42.7 Å². The molecule has 0 N–H and O–H groups in total. The number of morpholine rings is 2. The fraction of sp³-hybridized carbons (Fsp3) is 0.800. The van der Waals surface area contributed by atoms with Crippen LogP contribution >= 0.6 is 51.0 Å². The summed E-state index contributed by atoms with van der Waals surface area (Å²) in [6.07, 6.45) is 0. The van der Waals surface area contributed by atoms with Crippen LogP contribution in [0.4, 0.5) is 0 Å². The Morgan fingerprint density at radius 3 is 1.55 bits per heavy atom. The molecule has 0 aromatic heterocycles. The first-order valence-electron chi connectivity index (χ1n) is 6.22. The molecule has 0 unspecified atom stereocenters. The van der Waals surface area contributed by atoms with Gasteiger partial charge in [-0.05, 0) is 0 Å². The van der Waals surface area contributed by atoms with Crippen molar-refractivity contribution in [3.8, 4) is 0 Å². The van der Waals surface area contributed by atoms with Crippen LogP contribution in [0.3, 0.4) is 0 Å². The van der Waals surface area contributed by atoms with Gasteiger partial charge in [0.05, 0.1) is 0 Å². The average Bonchev–Trinajstić information content (AvgIpc) is 2.49. The molecule has 0 amide bonds. The zero-order chi connectivity index (χ0) is 14.4. The molecule has 2 aliphatic heterocycles. The molecule has 10 heteroatoms. The van der Waals surface area contributed by atoms with Crippen LogP contribution in [0.2, 0.25) is 0 Å². The second kappa shape index (κ2) is 9.60. The molecule has 2 aliphatic rings. The molecule has 2 rings (SSSR count). The van der Waals surface area contributed by atoms with Gasteiger partial charge in [0.15, 0.2) is 0 Å². The Bertz CT molecular complexity index is 322. The van der Waals surface area contributed by atoms with E-state index in [9.17, 15) is 0 Å². The first kappa shape index (κ1) is 17.9. The number of hydrogen-bond acceptors (Lipinski definition) is 6. The first-order valence-corrected chi connectivity index (χ1v) is 18.1. The summed E-state index contributed by atoms with van der Waals surface area (Å²) in [6.45, 7) is 6.48. The number of thiocarbonyl (C=S) groups is 2. The summed E-state index contributed by atoms with van der Waals surface area (Å²) in [5.74, 6) is 0. The summed E-state index contributed by atoms with van der Waals surface area (Å²) in [7, 11) is 9.86. The third-order valence-corrected chi connectivity index (χ3v) is 18.4. The van der Waals surface area contributed by atoms with Gasteiger partial charge in [-0.3, -0.25) is 0 Å². The van der Waals surface area contributed by atoms with E-state index < -0.39 is 16.3 Å². The predicted molar refractivity (Wildman–Crippen MR) is 96.8 cm³/mol. The SMILES string of the molecule is S=C([S][Sb]([Cl])[S]C(=S)N1CCOCC1)N1CCOCC1. The average molecular weight is 482 g/mol. The quantitative estimate of drug-likeness (QED) is 0.436. The first-order chi connectivity index (χ1) is 9.66. The fourth-order valence-electron chi connectivity index (χ4n) is 1.75. The van der Waals surface area contributed by atoms with Crippen LogP contribution < -0.4 is 0 Å². The number of halogens is 1. The second-order valence-electron chi connectivity index (χ2n) is 4.13. The van der Waals surface area contributed by atoms with Crippen LogP contribution in [0.15, 0.2) is 0 Å². The summed E-state index contributed by atoms with van der Waals surface area (Å²) >= 11 is 8.88. The topological polar surface area (TPSA) is 24.9 Å². The Morgan fingerprint density at radius 1 is 0.850 bits per heavy atom. The van der Waals surface area contributed by atoms with Crippen molar-refractivity contribution < 1.29 is 9.47 Å². The molecular weight excluding hydrogens is 466 g/mol. The van der Waals surface area contributed by atoms with Crippen molar-refractivity contribution in [1.29, 1.82) is 0 Å². The van der Waals surface area contributed by atoms with Crippen molar-refractivity contribution in [2.24, 2.45) is 0 Å². The molecule has 0 aliphatic carbocycles. The van der Waals surface area contributed by atoms with Crippen LogP contribution in [0.25, 0.3) is 0 Å². The van der Waals surface area contributed by atoms with Crippen LogP contribution in [-0.2, 0) is 9.47 Å². The second-order valence-corrected chi connectivity index (χ2v) is 22.3. The minimum absolute atomic E-state index is 0.750. The van der Waals surface area contributed by atoms with E-state index in [1.165, 1.54) is 0 Å². The summed E-state index contributed by atoms with van der Waals surface area (Å²) in [6, 6.07) is 0. The molecule has 114 valence electrons. The maximum atomic E-state index is 6.53. The molecule has 0 atom stereocenters. The van der Waals surface area contributed by atoms with E-state index in [-0.39, 0.29) is 0 Å². The molecule has 0 spiro atoms. The van der Waals surface area contributed by atoms with Gasteiger partial charge in [-0.15, -0.1) is 0 Å². The monoisotopic (exact) mass is 480 g/mol. The zero-order valence-electron chi connectivity index (χ0n) is 10.8. The van der Waals surface area contributed by atoms with Crippen LogP contribution in [-0.4, -0.2) is 87.3 Å². The summed E-state index contributed by atoms with van der Waals surface area (Å²) in [5, 5.41) is 0. The molecule has 0 radical (unpaired) electrons. The van der Waals surface area contributed by atoms with Crippen molar-refractivity contribution in [1.82, 2.24) is 9.80 Å². The van der Waals surface area contributed by atoms with E-state index in [1.54, 1.807) is 17.7 Å². The number of hydrogen-bond donors (Lipinski definition) is 0. The van der Waals surface area contributed by atoms with Crippen molar-refractivity contribution in [3.05, 3.63) is 0 Å². The molecule has 0 aromatic rings. The molecule has 2 fully saturated rings. The van der Waals surface area contributed by atoms with Gasteiger partial charge in [0, 0.05) is 0 Å². The summed E-state index contributed by atoms with van der Waals surface area (Å²) in [4.78, 5) is 4.36. The van der Waals surface area contributed by atoms with E-state index in [0.29, 0.717) is 0 Å². The molecule has 2 heterocycles. The van der Waals surface area contributed by atoms with E-state index in [1.807, 2.05) is 0 Å². The van der Waals surface area contributed by atoms with Crippen molar-refractivity contribution in [2.75, 3.05) is 52.6 Å². The Hall–Kier alpha value is 1.51. The predicted octanol–water partition coefficient (Wildman–Crippen LogP) is 1.91. The van der Waals surface area contributed by atoms with Gasteiger partial charge in [-0.2, -0.15) is 0 Å². The molecule has 2 saturated heterocycles. The van der Waals surface area contributed by atoms with E-state index in [2.05, 4.69) is 9.80 Å². The zero-order valence-corrected chi connectivity index (χ0v) is 17.4.